The Bertz CT molecular complexity index is 563. The maximum Gasteiger partial charge on any atom is 0.195 e. The van der Waals surface area contributed by atoms with Gasteiger partial charge in [-0.25, -0.2) is 9.98 Å². The van der Waals surface area contributed by atoms with Crippen molar-refractivity contribution >= 4 is 17.3 Å². The summed E-state index contributed by atoms with van der Waals surface area (Å²) in [7, 11) is 7.98. The Morgan fingerprint density at radius 2 is 1.75 bits per heavy atom. The molecule has 0 fully saturated rings. The summed E-state index contributed by atoms with van der Waals surface area (Å²) in [5.74, 6) is 0.944. The van der Waals surface area contributed by atoms with Crippen molar-refractivity contribution in [1.29, 1.82) is 0 Å². The van der Waals surface area contributed by atoms with Crippen molar-refractivity contribution in [2.75, 3.05) is 28.2 Å². The van der Waals surface area contributed by atoms with Gasteiger partial charge in [-0.05, 0) is 0 Å². The van der Waals surface area contributed by atoms with Gasteiger partial charge in [0.2, 0.25) is 0 Å². The normalized spacial score (nSPS) is 10.2. The lowest BCUT2D eigenvalue weighted by molar-refractivity contribution is 0.479. The van der Waals surface area contributed by atoms with E-state index in [4.69, 9.17) is 0 Å². The van der Waals surface area contributed by atoms with Crippen molar-refractivity contribution in [2.45, 2.75) is 6.54 Å². The van der Waals surface area contributed by atoms with E-state index < -0.39 is 0 Å². The first kappa shape index (κ1) is 14.5. The van der Waals surface area contributed by atoms with E-state index in [0.29, 0.717) is 6.54 Å². The summed E-state index contributed by atoms with van der Waals surface area (Å²) >= 11 is 1.66. The molecule has 2 aromatic rings. The van der Waals surface area contributed by atoms with Crippen LogP contribution in [0.25, 0.3) is 10.6 Å². The highest BCUT2D eigenvalue weighted by atomic mass is 32.1. The molecule has 0 saturated carbocycles. The monoisotopic (exact) mass is 288 g/mol. The minimum Gasteiger partial charge on any atom is -0.349 e. The number of rotatable bonds is 3. The molecule has 20 heavy (non-hydrogen) atoms. The molecule has 0 radical (unpaired) electrons. The summed E-state index contributed by atoms with van der Waals surface area (Å²) in [6.45, 7) is 0.606. The van der Waals surface area contributed by atoms with Gasteiger partial charge in [-0.15, -0.1) is 11.3 Å². The van der Waals surface area contributed by atoms with E-state index in [1.165, 1.54) is 0 Å². The molecule has 1 aromatic heterocycles. The number of aromatic nitrogens is 1. The molecule has 0 aliphatic rings. The molecule has 0 atom stereocenters. The van der Waals surface area contributed by atoms with Gasteiger partial charge in [0.1, 0.15) is 5.01 Å². The second-order valence-corrected chi connectivity index (χ2v) is 5.77. The third-order valence-corrected chi connectivity index (χ3v) is 3.70. The quantitative estimate of drug-likeness (QED) is 0.643. The number of benzene rings is 1. The Kier molecular flexibility index (Phi) is 4.74. The molecule has 2 rings (SSSR count). The Morgan fingerprint density at radius 3 is 2.35 bits per heavy atom. The zero-order valence-corrected chi connectivity index (χ0v) is 13.2. The Morgan fingerprint density at radius 1 is 1.10 bits per heavy atom. The topological polar surface area (TPSA) is 31.7 Å². The van der Waals surface area contributed by atoms with Crippen LogP contribution in [0.3, 0.4) is 0 Å². The molecule has 0 N–H and O–H groups in total. The van der Waals surface area contributed by atoms with Crippen molar-refractivity contribution < 1.29 is 0 Å². The van der Waals surface area contributed by atoms with Gasteiger partial charge >= 0.3 is 0 Å². The van der Waals surface area contributed by atoms with Gasteiger partial charge in [0.05, 0.1) is 12.2 Å². The second-order valence-electron chi connectivity index (χ2n) is 4.92. The number of thiazole rings is 1. The van der Waals surface area contributed by atoms with E-state index in [2.05, 4.69) is 27.5 Å². The van der Waals surface area contributed by atoms with Crippen molar-refractivity contribution in [3.05, 3.63) is 41.4 Å². The van der Waals surface area contributed by atoms with Crippen molar-refractivity contribution in [3.8, 4) is 10.6 Å². The summed E-state index contributed by atoms with van der Waals surface area (Å²) in [6.07, 6.45) is 0. The van der Waals surface area contributed by atoms with E-state index >= 15 is 0 Å². The number of hydrogen-bond acceptors (Lipinski definition) is 3. The van der Waals surface area contributed by atoms with Gasteiger partial charge < -0.3 is 9.80 Å². The highest BCUT2D eigenvalue weighted by Gasteiger charge is 2.06. The largest absolute Gasteiger partial charge is 0.349 e. The zero-order chi connectivity index (χ0) is 14.5. The molecule has 0 aliphatic heterocycles. The Balaban J connectivity index is 2.12. The standard InChI is InChI=1S/C15H20N4S/c1-18(2)15(19(3)4)16-10-13-11-20-14(17-13)12-8-6-5-7-9-12/h5-9,11H,10H2,1-4H3. The predicted molar refractivity (Wildman–Crippen MR) is 86.1 cm³/mol. The van der Waals surface area contributed by atoms with Gasteiger partial charge in [-0.3, -0.25) is 0 Å². The summed E-state index contributed by atoms with van der Waals surface area (Å²) in [5.41, 5.74) is 2.17. The number of hydrogen-bond donors (Lipinski definition) is 0. The lowest BCUT2D eigenvalue weighted by Gasteiger charge is -2.22. The summed E-state index contributed by atoms with van der Waals surface area (Å²) in [4.78, 5) is 13.3. The summed E-state index contributed by atoms with van der Waals surface area (Å²) < 4.78 is 0. The first-order valence-electron chi connectivity index (χ1n) is 6.47. The molecule has 5 heteroatoms. The van der Waals surface area contributed by atoms with Crippen LogP contribution in [0.1, 0.15) is 5.69 Å². The number of aliphatic imine (C=N–C) groups is 1. The van der Waals surface area contributed by atoms with Gasteiger partial charge in [-0.2, -0.15) is 0 Å². The van der Waals surface area contributed by atoms with Gasteiger partial charge in [-0.1, -0.05) is 30.3 Å². The van der Waals surface area contributed by atoms with Crippen LogP contribution in [0.4, 0.5) is 0 Å². The lowest BCUT2D eigenvalue weighted by atomic mass is 10.2. The number of guanidine groups is 1. The molecule has 1 heterocycles. The number of nitrogens with zero attached hydrogens (tertiary/aromatic N) is 4. The van der Waals surface area contributed by atoms with Crippen LogP contribution in [0, 0.1) is 0 Å². The lowest BCUT2D eigenvalue weighted by Crippen LogP contribution is -2.35. The van der Waals surface area contributed by atoms with E-state index in [-0.39, 0.29) is 0 Å². The van der Waals surface area contributed by atoms with Crippen LogP contribution in [-0.4, -0.2) is 48.9 Å². The summed E-state index contributed by atoms with van der Waals surface area (Å²) in [5, 5.41) is 3.13. The maximum absolute atomic E-state index is 4.65. The molecule has 0 amide bonds. The fourth-order valence-electron chi connectivity index (χ4n) is 1.93. The van der Waals surface area contributed by atoms with Crippen LogP contribution in [0.2, 0.25) is 0 Å². The fourth-order valence-corrected chi connectivity index (χ4v) is 2.74. The van der Waals surface area contributed by atoms with Gasteiger partial charge in [0, 0.05) is 39.1 Å². The summed E-state index contributed by atoms with van der Waals surface area (Å²) in [6, 6.07) is 10.2. The zero-order valence-electron chi connectivity index (χ0n) is 12.4. The average molecular weight is 288 g/mol. The van der Waals surface area contributed by atoms with Crippen LogP contribution in [0.15, 0.2) is 40.7 Å². The van der Waals surface area contributed by atoms with E-state index in [1.54, 1.807) is 11.3 Å². The molecule has 0 saturated heterocycles. The Labute approximate surface area is 124 Å². The molecule has 0 aliphatic carbocycles. The van der Waals surface area contributed by atoms with Crippen LogP contribution in [-0.2, 0) is 6.54 Å². The highest BCUT2D eigenvalue weighted by molar-refractivity contribution is 7.13. The molecule has 0 unspecified atom stereocenters. The van der Waals surface area contributed by atoms with Crippen molar-refractivity contribution in [3.63, 3.8) is 0 Å². The van der Waals surface area contributed by atoms with Crippen LogP contribution < -0.4 is 0 Å². The van der Waals surface area contributed by atoms with Gasteiger partial charge in [0.25, 0.3) is 0 Å². The first-order chi connectivity index (χ1) is 9.58. The van der Waals surface area contributed by atoms with Crippen LogP contribution >= 0.6 is 11.3 Å². The Hall–Kier alpha value is -1.88. The predicted octanol–water partition coefficient (Wildman–Crippen LogP) is 2.79. The minimum absolute atomic E-state index is 0.606. The third kappa shape index (κ3) is 3.57. The third-order valence-electron chi connectivity index (χ3n) is 2.75. The van der Waals surface area contributed by atoms with Crippen LogP contribution in [0.5, 0.6) is 0 Å². The van der Waals surface area contributed by atoms with Crippen molar-refractivity contribution in [1.82, 2.24) is 14.8 Å². The molecule has 4 nitrogen and oxygen atoms in total. The maximum atomic E-state index is 4.65. The van der Waals surface area contributed by atoms with Crippen molar-refractivity contribution in [2.24, 2.45) is 4.99 Å². The smallest absolute Gasteiger partial charge is 0.195 e. The van der Waals surface area contributed by atoms with Gasteiger partial charge in [0.15, 0.2) is 5.96 Å². The molecular formula is C15H20N4S. The first-order valence-corrected chi connectivity index (χ1v) is 7.35. The minimum atomic E-state index is 0.606. The molecule has 1 aromatic carbocycles. The second kappa shape index (κ2) is 6.52. The SMILES string of the molecule is CN(C)C(=NCc1csc(-c2ccccc2)n1)N(C)C. The molecule has 106 valence electrons. The molecular weight excluding hydrogens is 268 g/mol. The molecule has 0 bridgehead atoms. The van der Waals surface area contributed by atoms with E-state index in [9.17, 15) is 0 Å². The molecule has 0 spiro atoms. The van der Waals surface area contributed by atoms with E-state index in [0.717, 1.165) is 22.2 Å². The van der Waals surface area contributed by atoms with E-state index in [1.807, 2.05) is 56.2 Å². The highest BCUT2D eigenvalue weighted by Crippen LogP contribution is 2.23. The fraction of sp³-hybridized carbons (Fsp3) is 0.333. The average Bonchev–Trinajstić information content (AvgIpc) is 2.88.